The molecule has 2 heterocycles. The quantitative estimate of drug-likeness (QED) is 0.556. The minimum Gasteiger partial charge on any atom is -0.327 e. The first-order valence-electron chi connectivity index (χ1n) is 7.07. The summed E-state index contributed by atoms with van der Waals surface area (Å²) in [5.74, 6) is 0. The third-order valence-corrected chi connectivity index (χ3v) is 3.84. The normalized spacial score (nSPS) is 12.0. The average molecular weight is 290 g/mol. The highest BCUT2D eigenvalue weighted by molar-refractivity contribution is 6.06. The molecule has 0 unspecified atom stereocenters. The summed E-state index contributed by atoms with van der Waals surface area (Å²) in [6.07, 6.45) is 5.61. The maximum absolute atomic E-state index is 11.9. The highest BCUT2D eigenvalue weighted by Crippen LogP contribution is 2.28. The van der Waals surface area contributed by atoms with Crippen LogP contribution in [0.3, 0.4) is 0 Å². The van der Waals surface area contributed by atoms with E-state index in [2.05, 4.69) is 34.5 Å². The molecule has 0 radical (unpaired) electrons. The maximum Gasteiger partial charge on any atom is 0.347 e. The van der Waals surface area contributed by atoms with Crippen molar-refractivity contribution >= 4 is 33.3 Å². The van der Waals surface area contributed by atoms with Gasteiger partial charge in [0, 0.05) is 18.1 Å². The Hall–Kier alpha value is -2.92. The van der Waals surface area contributed by atoms with Crippen LogP contribution in [0, 0.1) is 0 Å². The second-order valence-electron chi connectivity index (χ2n) is 5.19. The standard InChI is InChI=1S/C17H14N4O/c18-7-3-6-13-10-21-16(19-20-17(21)22)15-9-12-5-2-1-4-11(12)8-14(13)15/h1-6,8-10H,7,18H2,(H,20,22)/b6-3+. The predicted molar refractivity (Wildman–Crippen MR) is 88.9 cm³/mol. The van der Waals surface area contributed by atoms with E-state index in [0.29, 0.717) is 12.2 Å². The van der Waals surface area contributed by atoms with Gasteiger partial charge in [0.15, 0.2) is 5.65 Å². The monoisotopic (exact) mass is 290 g/mol. The smallest absolute Gasteiger partial charge is 0.327 e. The lowest BCUT2D eigenvalue weighted by Crippen LogP contribution is -2.09. The van der Waals surface area contributed by atoms with Gasteiger partial charge in [-0.15, -0.1) is 0 Å². The molecule has 2 aromatic carbocycles. The zero-order chi connectivity index (χ0) is 15.1. The molecule has 0 saturated heterocycles. The summed E-state index contributed by atoms with van der Waals surface area (Å²) in [5.41, 5.74) is 6.90. The number of hydrogen-bond donors (Lipinski definition) is 2. The third kappa shape index (κ3) is 1.83. The van der Waals surface area contributed by atoms with Gasteiger partial charge >= 0.3 is 5.69 Å². The number of aromatic amines is 1. The van der Waals surface area contributed by atoms with E-state index in [1.54, 1.807) is 6.20 Å². The van der Waals surface area contributed by atoms with Crippen molar-refractivity contribution in [2.24, 2.45) is 5.73 Å². The van der Waals surface area contributed by atoms with Crippen LogP contribution in [0.2, 0.25) is 0 Å². The number of hydrogen-bond acceptors (Lipinski definition) is 3. The largest absolute Gasteiger partial charge is 0.347 e. The number of nitrogens with two attached hydrogens (primary N) is 1. The van der Waals surface area contributed by atoms with Crippen LogP contribution < -0.4 is 11.4 Å². The van der Waals surface area contributed by atoms with Crippen molar-refractivity contribution in [1.29, 1.82) is 0 Å². The van der Waals surface area contributed by atoms with Gasteiger partial charge in [-0.25, -0.2) is 14.3 Å². The van der Waals surface area contributed by atoms with Crippen LogP contribution in [0.5, 0.6) is 0 Å². The number of fused-ring (bicyclic) bond motifs is 4. The fraction of sp³-hybridized carbons (Fsp3) is 0.0588. The lowest BCUT2D eigenvalue weighted by Gasteiger charge is -2.07. The van der Waals surface area contributed by atoms with Gasteiger partial charge in [-0.05, 0) is 33.9 Å². The van der Waals surface area contributed by atoms with Crippen molar-refractivity contribution in [3.8, 4) is 0 Å². The Morgan fingerprint density at radius 1 is 1.18 bits per heavy atom. The van der Waals surface area contributed by atoms with Crippen molar-refractivity contribution in [2.75, 3.05) is 6.54 Å². The highest BCUT2D eigenvalue weighted by Gasteiger charge is 2.10. The molecule has 4 aromatic rings. The zero-order valence-electron chi connectivity index (χ0n) is 11.8. The van der Waals surface area contributed by atoms with E-state index in [1.165, 1.54) is 4.40 Å². The fourth-order valence-electron chi connectivity index (χ4n) is 2.82. The molecule has 108 valence electrons. The summed E-state index contributed by atoms with van der Waals surface area (Å²) >= 11 is 0. The van der Waals surface area contributed by atoms with Crippen LogP contribution in [0.15, 0.2) is 53.5 Å². The Morgan fingerprint density at radius 2 is 1.91 bits per heavy atom. The lowest BCUT2D eigenvalue weighted by molar-refractivity contribution is 1.02. The van der Waals surface area contributed by atoms with Gasteiger partial charge in [-0.3, -0.25) is 0 Å². The molecule has 22 heavy (non-hydrogen) atoms. The lowest BCUT2D eigenvalue weighted by atomic mass is 10.0. The van der Waals surface area contributed by atoms with E-state index in [4.69, 9.17) is 5.73 Å². The van der Waals surface area contributed by atoms with Crippen LogP contribution in [0.4, 0.5) is 0 Å². The van der Waals surface area contributed by atoms with Crippen LogP contribution in [-0.2, 0) is 0 Å². The van der Waals surface area contributed by atoms with Crippen molar-refractivity contribution in [1.82, 2.24) is 14.6 Å². The number of nitrogens with zero attached hydrogens (tertiary/aromatic N) is 2. The fourth-order valence-corrected chi connectivity index (χ4v) is 2.82. The number of benzene rings is 2. The maximum atomic E-state index is 11.9. The third-order valence-electron chi connectivity index (χ3n) is 3.84. The molecule has 2 aromatic heterocycles. The Balaban J connectivity index is 2.22. The molecule has 0 amide bonds. The molecule has 0 aliphatic heterocycles. The Morgan fingerprint density at radius 3 is 2.64 bits per heavy atom. The zero-order valence-corrected chi connectivity index (χ0v) is 11.8. The summed E-state index contributed by atoms with van der Waals surface area (Å²) in [6, 6.07) is 12.3. The van der Waals surface area contributed by atoms with Crippen molar-refractivity contribution < 1.29 is 0 Å². The second kappa shape index (κ2) is 4.82. The van der Waals surface area contributed by atoms with Crippen molar-refractivity contribution in [3.63, 3.8) is 0 Å². The van der Waals surface area contributed by atoms with Crippen molar-refractivity contribution in [3.05, 3.63) is 64.7 Å². The Bertz CT molecular complexity index is 1090. The molecule has 0 aliphatic carbocycles. The summed E-state index contributed by atoms with van der Waals surface area (Å²) in [5, 5.41) is 10.9. The van der Waals surface area contributed by atoms with Crippen LogP contribution in [0.1, 0.15) is 5.56 Å². The Labute approximate surface area is 125 Å². The molecule has 0 atom stereocenters. The first kappa shape index (κ1) is 12.8. The highest BCUT2D eigenvalue weighted by atomic mass is 16.1. The molecule has 0 bridgehead atoms. The van der Waals surface area contributed by atoms with E-state index >= 15 is 0 Å². The van der Waals surface area contributed by atoms with E-state index in [-0.39, 0.29) is 5.69 Å². The molecular weight excluding hydrogens is 276 g/mol. The van der Waals surface area contributed by atoms with E-state index in [0.717, 1.165) is 27.1 Å². The minimum absolute atomic E-state index is 0.243. The van der Waals surface area contributed by atoms with Gasteiger partial charge in [-0.2, -0.15) is 5.10 Å². The first-order valence-corrected chi connectivity index (χ1v) is 7.07. The van der Waals surface area contributed by atoms with E-state index < -0.39 is 0 Å². The summed E-state index contributed by atoms with van der Waals surface area (Å²) in [7, 11) is 0. The number of nitrogens with one attached hydrogen (secondary N) is 1. The van der Waals surface area contributed by atoms with Gasteiger partial charge in [-0.1, -0.05) is 36.4 Å². The average Bonchev–Trinajstić information content (AvgIpc) is 2.92. The number of aromatic nitrogens is 3. The predicted octanol–water partition coefficient (Wildman–Crippen LogP) is 2.30. The van der Waals surface area contributed by atoms with Gasteiger partial charge < -0.3 is 5.73 Å². The molecule has 5 heteroatoms. The SMILES string of the molecule is NC/C=C/c1cn2c(=O)[nH]nc2c2cc3ccccc3cc12. The molecule has 0 aliphatic rings. The van der Waals surface area contributed by atoms with Crippen LogP contribution in [0.25, 0.3) is 33.3 Å². The molecule has 4 rings (SSSR count). The summed E-state index contributed by atoms with van der Waals surface area (Å²) < 4.78 is 1.54. The molecule has 0 fully saturated rings. The Kier molecular flexibility index (Phi) is 2.80. The first-order chi connectivity index (χ1) is 10.8. The summed E-state index contributed by atoms with van der Waals surface area (Å²) in [6.45, 7) is 0.452. The van der Waals surface area contributed by atoms with Crippen LogP contribution in [-0.4, -0.2) is 21.1 Å². The van der Waals surface area contributed by atoms with Gasteiger partial charge in [0.1, 0.15) is 0 Å². The second-order valence-corrected chi connectivity index (χ2v) is 5.19. The molecule has 5 nitrogen and oxygen atoms in total. The van der Waals surface area contributed by atoms with Gasteiger partial charge in [0.2, 0.25) is 0 Å². The molecule has 0 saturated carbocycles. The topological polar surface area (TPSA) is 76.2 Å². The molecular formula is C17H14N4O. The number of pyridine rings is 1. The minimum atomic E-state index is -0.243. The van der Waals surface area contributed by atoms with E-state index in [1.807, 2.05) is 24.3 Å². The van der Waals surface area contributed by atoms with Gasteiger partial charge in [0.05, 0.1) is 0 Å². The van der Waals surface area contributed by atoms with E-state index in [9.17, 15) is 4.79 Å². The number of rotatable bonds is 2. The molecule has 0 spiro atoms. The summed E-state index contributed by atoms with van der Waals surface area (Å²) in [4.78, 5) is 11.9. The van der Waals surface area contributed by atoms with Crippen molar-refractivity contribution in [2.45, 2.75) is 0 Å². The number of H-pyrrole nitrogens is 1. The molecule has 3 N–H and O–H groups in total. The van der Waals surface area contributed by atoms with Gasteiger partial charge in [0.25, 0.3) is 0 Å². The van der Waals surface area contributed by atoms with Crippen LogP contribution >= 0.6 is 0 Å².